The summed E-state index contributed by atoms with van der Waals surface area (Å²) in [5, 5.41) is 18.6. The van der Waals surface area contributed by atoms with Crippen LogP contribution in [0, 0.1) is 13.8 Å². The highest BCUT2D eigenvalue weighted by molar-refractivity contribution is 5.92. The van der Waals surface area contributed by atoms with E-state index < -0.39 is 5.97 Å². The van der Waals surface area contributed by atoms with E-state index in [9.17, 15) is 9.90 Å². The van der Waals surface area contributed by atoms with Gasteiger partial charge in [0.1, 0.15) is 18.1 Å². The molecular formula is C12H14O4. The van der Waals surface area contributed by atoms with Gasteiger partial charge in [-0.1, -0.05) is 12.7 Å². The zero-order valence-electron chi connectivity index (χ0n) is 9.28. The van der Waals surface area contributed by atoms with E-state index in [1.807, 2.05) is 0 Å². The lowest BCUT2D eigenvalue weighted by molar-refractivity contribution is 0.0694. The van der Waals surface area contributed by atoms with Crippen LogP contribution in [0.25, 0.3) is 0 Å². The molecule has 0 aromatic heterocycles. The van der Waals surface area contributed by atoms with Crippen LogP contribution < -0.4 is 4.74 Å². The van der Waals surface area contributed by atoms with Crippen LogP contribution in [0.5, 0.6) is 11.5 Å². The summed E-state index contributed by atoms with van der Waals surface area (Å²) in [6.07, 6.45) is 1.55. The molecule has 1 rings (SSSR count). The van der Waals surface area contributed by atoms with Crippen LogP contribution in [0.1, 0.15) is 21.5 Å². The van der Waals surface area contributed by atoms with Crippen molar-refractivity contribution in [1.82, 2.24) is 0 Å². The van der Waals surface area contributed by atoms with Crippen LogP contribution in [0.3, 0.4) is 0 Å². The topological polar surface area (TPSA) is 66.8 Å². The van der Waals surface area contributed by atoms with Crippen molar-refractivity contribution < 1.29 is 19.7 Å². The lowest BCUT2D eigenvalue weighted by Gasteiger charge is -2.13. The fourth-order valence-corrected chi connectivity index (χ4v) is 1.49. The minimum Gasteiger partial charge on any atom is -0.508 e. The first-order valence-electron chi connectivity index (χ1n) is 4.79. The molecule has 4 heteroatoms. The van der Waals surface area contributed by atoms with E-state index >= 15 is 0 Å². The van der Waals surface area contributed by atoms with E-state index in [1.165, 1.54) is 6.07 Å². The van der Waals surface area contributed by atoms with Crippen molar-refractivity contribution in [3.05, 3.63) is 35.4 Å². The summed E-state index contributed by atoms with van der Waals surface area (Å²) in [4.78, 5) is 11.0. The fourth-order valence-electron chi connectivity index (χ4n) is 1.49. The van der Waals surface area contributed by atoms with E-state index in [2.05, 4.69) is 6.58 Å². The fraction of sp³-hybridized carbons (Fsp3) is 0.250. The lowest BCUT2D eigenvalue weighted by Crippen LogP contribution is -2.06. The predicted octanol–water partition coefficient (Wildman–Crippen LogP) is 2.27. The predicted molar refractivity (Wildman–Crippen MR) is 60.2 cm³/mol. The Morgan fingerprint density at radius 3 is 2.62 bits per heavy atom. The number of benzene rings is 1. The summed E-state index contributed by atoms with van der Waals surface area (Å²) in [5.74, 6) is -0.795. The molecule has 0 aliphatic rings. The van der Waals surface area contributed by atoms with Gasteiger partial charge in [0.05, 0.1) is 5.56 Å². The SMILES string of the molecule is C=CCOc1cc(O)c(C)c(C(=O)O)c1C. The lowest BCUT2D eigenvalue weighted by atomic mass is 10.0. The number of aromatic carboxylic acids is 1. The Labute approximate surface area is 93.8 Å². The normalized spacial score (nSPS) is 9.88. The van der Waals surface area contributed by atoms with Crippen molar-refractivity contribution in [3.63, 3.8) is 0 Å². The molecule has 0 heterocycles. The first kappa shape index (κ1) is 12.1. The van der Waals surface area contributed by atoms with Gasteiger partial charge in [-0.3, -0.25) is 0 Å². The Hall–Kier alpha value is -1.97. The highest BCUT2D eigenvalue weighted by Crippen LogP contribution is 2.32. The van der Waals surface area contributed by atoms with Crippen LogP contribution >= 0.6 is 0 Å². The first-order valence-corrected chi connectivity index (χ1v) is 4.79. The molecule has 0 spiro atoms. The maximum atomic E-state index is 11.0. The molecule has 0 unspecified atom stereocenters. The molecule has 0 bridgehead atoms. The van der Waals surface area contributed by atoms with Gasteiger partial charge in [0.2, 0.25) is 0 Å². The number of carboxylic acids is 1. The minimum absolute atomic E-state index is 0.0814. The molecule has 0 aliphatic heterocycles. The molecular weight excluding hydrogens is 208 g/mol. The van der Waals surface area contributed by atoms with Gasteiger partial charge in [0.15, 0.2) is 0 Å². The molecule has 0 saturated heterocycles. The van der Waals surface area contributed by atoms with Crippen LogP contribution in [-0.2, 0) is 0 Å². The van der Waals surface area contributed by atoms with Crippen molar-refractivity contribution in [2.45, 2.75) is 13.8 Å². The number of rotatable bonds is 4. The van der Waals surface area contributed by atoms with Crippen molar-refractivity contribution in [2.24, 2.45) is 0 Å². The standard InChI is InChI=1S/C12H14O4/c1-4-5-16-10-6-9(13)7(2)11(8(10)3)12(14)15/h4,6,13H,1,5H2,2-3H3,(H,14,15). The van der Waals surface area contributed by atoms with Gasteiger partial charge in [-0.25, -0.2) is 4.79 Å². The van der Waals surface area contributed by atoms with E-state index in [1.54, 1.807) is 19.9 Å². The van der Waals surface area contributed by atoms with Gasteiger partial charge >= 0.3 is 5.97 Å². The second-order valence-corrected chi connectivity index (χ2v) is 3.42. The summed E-state index contributed by atoms with van der Waals surface area (Å²) >= 11 is 0. The van der Waals surface area contributed by atoms with Crippen LogP contribution in [0.4, 0.5) is 0 Å². The summed E-state index contributed by atoms with van der Waals surface area (Å²) in [6.45, 7) is 6.97. The maximum Gasteiger partial charge on any atom is 0.336 e. The average Bonchev–Trinajstić information content (AvgIpc) is 2.21. The average molecular weight is 222 g/mol. The smallest absolute Gasteiger partial charge is 0.336 e. The number of carboxylic acid groups (broad SMARTS) is 1. The Kier molecular flexibility index (Phi) is 3.55. The third kappa shape index (κ3) is 2.16. The van der Waals surface area contributed by atoms with Crippen molar-refractivity contribution in [1.29, 1.82) is 0 Å². The number of ether oxygens (including phenoxy) is 1. The summed E-state index contributed by atoms with van der Waals surface area (Å²) in [7, 11) is 0. The van der Waals surface area contributed by atoms with Crippen LogP contribution in [0.2, 0.25) is 0 Å². The zero-order chi connectivity index (χ0) is 12.3. The van der Waals surface area contributed by atoms with Crippen LogP contribution in [0.15, 0.2) is 18.7 Å². The Morgan fingerprint density at radius 1 is 1.50 bits per heavy atom. The third-order valence-electron chi connectivity index (χ3n) is 2.34. The molecule has 0 atom stereocenters. The Morgan fingerprint density at radius 2 is 2.12 bits per heavy atom. The molecule has 0 saturated carbocycles. The molecule has 1 aromatic carbocycles. The molecule has 0 fully saturated rings. The highest BCUT2D eigenvalue weighted by atomic mass is 16.5. The second kappa shape index (κ2) is 4.70. The molecule has 1 aromatic rings. The number of phenolic OH excluding ortho intramolecular Hbond substituents is 1. The molecule has 0 amide bonds. The molecule has 86 valence electrons. The second-order valence-electron chi connectivity index (χ2n) is 3.42. The van der Waals surface area contributed by atoms with Gasteiger partial charge in [-0.05, 0) is 13.8 Å². The summed E-state index contributed by atoms with van der Waals surface area (Å²) in [6, 6.07) is 1.42. The van der Waals surface area contributed by atoms with E-state index in [0.29, 0.717) is 16.9 Å². The number of hydrogen-bond acceptors (Lipinski definition) is 3. The van der Waals surface area contributed by atoms with Crippen molar-refractivity contribution in [3.8, 4) is 11.5 Å². The van der Waals surface area contributed by atoms with E-state index in [0.717, 1.165) is 0 Å². The molecule has 4 nitrogen and oxygen atoms in total. The van der Waals surface area contributed by atoms with E-state index in [-0.39, 0.29) is 17.9 Å². The largest absolute Gasteiger partial charge is 0.508 e. The Bertz CT molecular complexity index is 435. The van der Waals surface area contributed by atoms with Crippen molar-refractivity contribution in [2.75, 3.05) is 6.61 Å². The summed E-state index contributed by atoms with van der Waals surface area (Å²) < 4.78 is 5.27. The molecule has 0 radical (unpaired) electrons. The van der Waals surface area contributed by atoms with Gasteiger partial charge in [-0.15, -0.1) is 0 Å². The number of phenols is 1. The Balaban J connectivity index is 3.32. The van der Waals surface area contributed by atoms with Crippen molar-refractivity contribution >= 4 is 5.97 Å². The quantitative estimate of drug-likeness (QED) is 0.767. The van der Waals surface area contributed by atoms with Crippen LogP contribution in [-0.4, -0.2) is 22.8 Å². The zero-order valence-corrected chi connectivity index (χ0v) is 9.28. The summed E-state index contributed by atoms with van der Waals surface area (Å²) in [5.41, 5.74) is 0.930. The molecule has 0 aliphatic carbocycles. The van der Waals surface area contributed by atoms with Gasteiger partial charge in [0.25, 0.3) is 0 Å². The maximum absolute atomic E-state index is 11.0. The number of carbonyl (C=O) groups is 1. The molecule has 16 heavy (non-hydrogen) atoms. The number of hydrogen-bond donors (Lipinski definition) is 2. The minimum atomic E-state index is -1.07. The monoisotopic (exact) mass is 222 g/mol. The van der Waals surface area contributed by atoms with E-state index in [4.69, 9.17) is 9.84 Å². The molecule has 2 N–H and O–H groups in total. The highest BCUT2D eigenvalue weighted by Gasteiger charge is 2.18. The van der Waals surface area contributed by atoms with Gasteiger partial charge < -0.3 is 14.9 Å². The first-order chi connectivity index (χ1) is 7.49. The van der Waals surface area contributed by atoms with Gasteiger partial charge in [0, 0.05) is 17.2 Å². The third-order valence-corrected chi connectivity index (χ3v) is 2.34. The van der Waals surface area contributed by atoms with Gasteiger partial charge in [-0.2, -0.15) is 0 Å². The number of aromatic hydroxyl groups is 1.